The van der Waals surface area contributed by atoms with Crippen LogP contribution in [0.3, 0.4) is 0 Å². The van der Waals surface area contributed by atoms with Gasteiger partial charge in [-0.2, -0.15) is 0 Å². The predicted octanol–water partition coefficient (Wildman–Crippen LogP) is 7.47. The number of aromatic hydroxyl groups is 1. The van der Waals surface area contributed by atoms with Crippen LogP contribution in [-0.4, -0.2) is 19.3 Å². The monoisotopic (exact) mass is 433 g/mol. The Kier molecular flexibility index (Phi) is 6.45. The van der Waals surface area contributed by atoms with Crippen molar-refractivity contribution in [2.75, 3.05) is 19.1 Å². The molecule has 1 N–H and O–H groups in total. The van der Waals surface area contributed by atoms with Gasteiger partial charge in [-0.05, 0) is 34.6 Å². The van der Waals surface area contributed by atoms with Crippen LogP contribution in [0.2, 0.25) is 0 Å². The molecule has 4 heteroatoms. The van der Waals surface area contributed by atoms with Crippen LogP contribution in [0.15, 0.2) is 60.7 Å². The Morgan fingerprint density at radius 1 is 0.688 bits per heavy atom. The molecule has 4 nitrogen and oxygen atoms in total. The standard InChI is InChI=1S/C28H35NO3/c1-27(2,3)19-14-24(28(4,5)6)26(30)25(15-19)29(20-12-10-9-11-13-20)21-16-22(31-7)18-23(17-21)32-8/h9-18,30H,1-8H3. The number of para-hydroxylation sites is 1. The van der Waals surface area contributed by atoms with E-state index < -0.39 is 0 Å². The van der Waals surface area contributed by atoms with Gasteiger partial charge in [0.05, 0.1) is 25.6 Å². The highest BCUT2D eigenvalue weighted by Gasteiger charge is 2.28. The highest BCUT2D eigenvalue weighted by Crippen LogP contribution is 2.47. The maximum atomic E-state index is 11.6. The van der Waals surface area contributed by atoms with Crippen LogP contribution in [0.25, 0.3) is 0 Å². The average molecular weight is 434 g/mol. The minimum absolute atomic E-state index is 0.0864. The van der Waals surface area contributed by atoms with Gasteiger partial charge in [0.1, 0.15) is 17.2 Å². The molecule has 0 atom stereocenters. The molecule has 3 rings (SSSR count). The Hall–Kier alpha value is -3.14. The zero-order chi connectivity index (χ0) is 23.7. The van der Waals surface area contributed by atoms with Crippen molar-refractivity contribution >= 4 is 17.1 Å². The fourth-order valence-electron chi connectivity index (χ4n) is 3.72. The van der Waals surface area contributed by atoms with E-state index in [0.29, 0.717) is 11.5 Å². The molecule has 32 heavy (non-hydrogen) atoms. The maximum absolute atomic E-state index is 11.6. The van der Waals surface area contributed by atoms with Crippen molar-refractivity contribution in [3.8, 4) is 17.2 Å². The van der Waals surface area contributed by atoms with Gasteiger partial charge in [-0.3, -0.25) is 0 Å². The number of phenols is 1. The van der Waals surface area contributed by atoms with Gasteiger partial charge in [0.2, 0.25) is 0 Å². The SMILES string of the molecule is COc1cc(OC)cc(N(c2ccccc2)c2cc(C(C)(C)C)cc(C(C)(C)C)c2O)c1. The summed E-state index contributed by atoms with van der Waals surface area (Å²) in [6.07, 6.45) is 0. The first kappa shape index (κ1) is 23.5. The highest BCUT2D eigenvalue weighted by atomic mass is 16.5. The van der Waals surface area contributed by atoms with Crippen LogP contribution >= 0.6 is 0 Å². The largest absolute Gasteiger partial charge is 0.505 e. The highest BCUT2D eigenvalue weighted by molar-refractivity contribution is 5.82. The van der Waals surface area contributed by atoms with E-state index in [4.69, 9.17) is 9.47 Å². The summed E-state index contributed by atoms with van der Waals surface area (Å²) in [5.74, 6) is 1.64. The summed E-state index contributed by atoms with van der Waals surface area (Å²) in [6, 6.07) is 20.0. The van der Waals surface area contributed by atoms with Crippen molar-refractivity contribution in [1.82, 2.24) is 0 Å². The van der Waals surface area contributed by atoms with Crippen LogP contribution < -0.4 is 14.4 Å². The molecule has 0 aliphatic heterocycles. The lowest BCUT2D eigenvalue weighted by Crippen LogP contribution is -2.19. The van der Waals surface area contributed by atoms with Crippen LogP contribution in [0.5, 0.6) is 17.2 Å². The molecule has 0 saturated heterocycles. The molecule has 0 spiro atoms. The Balaban J connectivity index is 2.39. The molecule has 3 aromatic rings. The van der Waals surface area contributed by atoms with Crippen molar-refractivity contribution in [2.24, 2.45) is 0 Å². The summed E-state index contributed by atoms with van der Waals surface area (Å²) in [7, 11) is 3.28. The maximum Gasteiger partial charge on any atom is 0.143 e. The lowest BCUT2D eigenvalue weighted by atomic mass is 9.79. The van der Waals surface area contributed by atoms with Crippen LogP contribution in [0, 0.1) is 0 Å². The van der Waals surface area contributed by atoms with E-state index in [2.05, 4.69) is 58.6 Å². The minimum Gasteiger partial charge on any atom is -0.505 e. The number of hydrogen-bond acceptors (Lipinski definition) is 4. The third kappa shape index (κ3) is 4.85. The molecule has 0 amide bonds. The number of anilines is 3. The predicted molar refractivity (Wildman–Crippen MR) is 133 cm³/mol. The van der Waals surface area contributed by atoms with Crippen LogP contribution in [0.1, 0.15) is 52.7 Å². The van der Waals surface area contributed by atoms with Gasteiger partial charge < -0.3 is 19.5 Å². The summed E-state index contributed by atoms with van der Waals surface area (Å²) in [5.41, 5.74) is 4.26. The van der Waals surface area contributed by atoms with E-state index in [1.807, 2.05) is 48.5 Å². The molecule has 0 radical (unpaired) electrons. The number of hydrogen-bond donors (Lipinski definition) is 1. The van der Waals surface area contributed by atoms with Gasteiger partial charge >= 0.3 is 0 Å². The van der Waals surface area contributed by atoms with Crippen molar-refractivity contribution in [2.45, 2.75) is 52.4 Å². The molecule has 3 aromatic carbocycles. The first-order chi connectivity index (χ1) is 15.0. The lowest BCUT2D eigenvalue weighted by Gasteiger charge is -2.32. The van der Waals surface area contributed by atoms with E-state index in [-0.39, 0.29) is 16.6 Å². The summed E-state index contributed by atoms with van der Waals surface area (Å²) >= 11 is 0. The molecular formula is C28H35NO3. The van der Waals surface area contributed by atoms with Gasteiger partial charge in [-0.15, -0.1) is 0 Å². The Morgan fingerprint density at radius 3 is 1.72 bits per heavy atom. The number of benzene rings is 3. The van der Waals surface area contributed by atoms with Gasteiger partial charge in [0.15, 0.2) is 0 Å². The molecule has 0 saturated carbocycles. The van der Waals surface area contributed by atoms with Crippen molar-refractivity contribution in [3.05, 3.63) is 71.8 Å². The molecule has 0 aromatic heterocycles. The third-order valence-corrected chi connectivity index (χ3v) is 5.61. The second-order valence-electron chi connectivity index (χ2n) is 10.1. The molecule has 0 fully saturated rings. The molecule has 0 bridgehead atoms. The van der Waals surface area contributed by atoms with E-state index >= 15 is 0 Å². The molecular weight excluding hydrogens is 398 g/mol. The average Bonchev–Trinajstić information content (AvgIpc) is 2.74. The van der Waals surface area contributed by atoms with Crippen molar-refractivity contribution < 1.29 is 14.6 Å². The number of rotatable bonds is 5. The number of methoxy groups -OCH3 is 2. The van der Waals surface area contributed by atoms with Gasteiger partial charge in [-0.1, -0.05) is 65.8 Å². The first-order valence-corrected chi connectivity index (χ1v) is 10.9. The second kappa shape index (κ2) is 8.78. The topological polar surface area (TPSA) is 41.9 Å². The van der Waals surface area contributed by atoms with Crippen LogP contribution in [0.4, 0.5) is 17.1 Å². The van der Waals surface area contributed by atoms with E-state index in [1.54, 1.807) is 14.2 Å². The molecule has 0 unspecified atom stereocenters. The van der Waals surface area contributed by atoms with Gasteiger partial charge in [-0.25, -0.2) is 0 Å². The summed E-state index contributed by atoms with van der Waals surface area (Å²) in [6.45, 7) is 12.9. The fourth-order valence-corrected chi connectivity index (χ4v) is 3.72. The van der Waals surface area contributed by atoms with Crippen LogP contribution in [-0.2, 0) is 10.8 Å². The molecule has 0 aliphatic rings. The Bertz CT molecular complexity index is 1050. The minimum atomic E-state index is -0.228. The summed E-state index contributed by atoms with van der Waals surface area (Å²) in [5, 5.41) is 11.6. The van der Waals surface area contributed by atoms with Crippen molar-refractivity contribution in [3.63, 3.8) is 0 Å². The zero-order valence-corrected chi connectivity index (χ0v) is 20.5. The Morgan fingerprint density at radius 2 is 1.25 bits per heavy atom. The van der Waals surface area contributed by atoms with E-state index in [0.717, 1.165) is 28.2 Å². The molecule has 170 valence electrons. The smallest absolute Gasteiger partial charge is 0.143 e. The lowest BCUT2D eigenvalue weighted by molar-refractivity contribution is 0.394. The number of nitrogens with zero attached hydrogens (tertiary/aromatic N) is 1. The summed E-state index contributed by atoms with van der Waals surface area (Å²) in [4.78, 5) is 2.06. The van der Waals surface area contributed by atoms with Crippen molar-refractivity contribution in [1.29, 1.82) is 0 Å². The van der Waals surface area contributed by atoms with E-state index in [9.17, 15) is 5.11 Å². The van der Waals surface area contributed by atoms with Gasteiger partial charge in [0.25, 0.3) is 0 Å². The number of phenolic OH excluding ortho intramolecular Hbond substituents is 1. The quantitative estimate of drug-likeness (QED) is 0.453. The second-order valence-corrected chi connectivity index (χ2v) is 10.1. The Labute approximate surface area is 192 Å². The summed E-state index contributed by atoms with van der Waals surface area (Å²) < 4.78 is 11.1. The first-order valence-electron chi connectivity index (χ1n) is 10.9. The molecule has 0 heterocycles. The zero-order valence-electron chi connectivity index (χ0n) is 20.5. The third-order valence-electron chi connectivity index (χ3n) is 5.61. The van der Waals surface area contributed by atoms with E-state index in [1.165, 1.54) is 0 Å². The normalized spacial score (nSPS) is 11.9. The molecule has 0 aliphatic carbocycles. The number of ether oxygens (including phenoxy) is 2. The van der Waals surface area contributed by atoms with Gasteiger partial charge in [0, 0.05) is 29.4 Å². The fraction of sp³-hybridized carbons (Fsp3) is 0.357.